The molecule has 2 aromatic rings. The predicted octanol–water partition coefficient (Wildman–Crippen LogP) is 0.0725. The van der Waals surface area contributed by atoms with Crippen molar-refractivity contribution in [2.45, 2.75) is 11.4 Å². The summed E-state index contributed by atoms with van der Waals surface area (Å²) in [5.74, 6) is -0.0510. The number of sulfonamides is 1. The first-order valence-electron chi connectivity index (χ1n) is 5.87. The number of anilines is 1. The molecule has 0 unspecified atom stereocenters. The molecule has 0 aliphatic heterocycles. The lowest BCUT2D eigenvalue weighted by molar-refractivity contribution is 0.402. The molecular weight excluding hydrogens is 280 g/mol. The maximum atomic E-state index is 12.1. The molecule has 0 amide bonds. The second-order valence-corrected chi connectivity index (χ2v) is 6.27. The molecule has 20 heavy (non-hydrogen) atoms. The van der Waals surface area contributed by atoms with Crippen LogP contribution in [0.4, 0.5) is 5.95 Å². The van der Waals surface area contributed by atoms with Crippen LogP contribution in [0.1, 0.15) is 5.56 Å². The van der Waals surface area contributed by atoms with Gasteiger partial charge in [0.25, 0.3) is 16.0 Å². The first-order valence-corrected chi connectivity index (χ1v) is 7.35. The molecule has 0 atom stereocenters. The van der Waals surface area contributed by atoms with Crippen LogP contribution in [0, 0.1) is 0 Å². The summed E-state index contributed by atoms with van der Waals surface area (Å²) >= 11 is 0. The zero-order chi connectivity index (χ0) is 14.8. The molecule has 108 valence electrons. The lowest BCUT2D eigenvalue weighted by Crippen LogP contribution is -2.15. The highest BCUT2D eigenvalue weighted by molar-refractivity contribution is 7.92. The summed E-state index contributed by atoms with van der Waals surface area (Å²) < 4.78 is 26.5. The topological polar surface area (TPSA) is 93.0 Å². The summed E-state index contributed by atoms with van der Waals surface area (Å²) in [6, 6.07) is 6.66. The third-order valence-electron chi connectivity index (χ3n) is 2.47. The quantitative estimate of drug-likeness (QED) is 0.839. The molecule has 1 aromatic heterocycles. The molecule has 0 radical (unpaired) electrons. The van der Waals surface area contributed by atoms with Crippen LogP contribution in [-0.4, -0.2) is 47.6 Å². The number of hydrogen-bond donors (Lipinski definition) is 1. The van der Waals surface area contributed by atoms with Gasteiger partial charge < -0.3 is 4.90 Å². The fraction of sp³-hybridized carbons (Fsp3) is 0.364. The van der Waals surface area contributed by atoms with E-state index in [9.17, 15) is 8.42 Å². The van der Waals surface area contributed by atoms with Gasteiger partial charge in [0.1, 0.15) is 0 Å². The molecule has 1 heterocycles. The highest BCUT2D eigenvalue weighted by atomic mass is 32.2. The van der Waals surface area contributed by atoms with Crippen LogP contribution in [0.3, 0.4) is 0 Å². The smallest absolute Gasteiger partial charge is 0.277 e. The molecule has 2 rings (SSSR count). The number of tetrazole rings is 1. The fourth-order valence-corrected chi connectivity index (χ4v) is 2.58. The van der Waals surface area contributed by atoms with Crippen LogP contribution in [0.5, 0.6) is 0 Å². The van der Waals surface area contributed by atoms with Crippen molar-refractivity contribution in [3.05, 3.63) is 29.8 Å². The average molecular weight is 296 g/mol. The van der Waals surface area contributed by atoms with Gasteiger partial charge in [-0.25, -0.2) is 13.1 Å². The minimum Gasteiger partial charge on any atom is -0.305 e. The van der Waals surface area contributed by atoms with E-state index >= 15 is 0 Å². The van der Waals surface area contributed by atoms with Crippen molar-refractivity contribution in [1.82, 2.24) is 25.1 Å². The average Bonchev–Trinajstić information content (AvgIpc) is 2.74. The lowest BCUT2D eigenvalue weighted by Gasteiger charge is -2.10. The van der Waals surface area contributed by atoms with E-state index in [2.05, 4.69) is 20.1 Å². The third-order valence-corrected chi connectivity index (χ3v) is 3.81. The predicted molar refractivity (Wildman–Crippen MR) is 73.4 cm³/mol. The van der Waals surface area contributed by atoms with Crippen molar-refractivity contribution in [3.8, 4) is 0 Å². The fourth-order valence-electron chi connectivity index (χ4n) is 1.64. The van der Waals surface area contributed by atoms with Gasteiger partial charge in [-0.2, -0.15) is 4.80 Å². The van der Waals surface area contributed by atoms with Gasteiger partial charge >= 0.3 is 0 Å². The van der Waals surface area contributed by atoms with Gasteiger partial charge in [-0.3, -0.25) is 0 Å². The number of aryl methyl sites for hydroxylation is 1. The van der Waals surface area contributed by atoms with Gasteiger partial charge in [0.05, 0.1) is 11.9 Å². The van der Waals surface area contributed by atoms with Crippen molar-refractivity contribution in [1.29, 1.82) is 0 Å². The van der Waals surface area contributed by atoms with Gasteiger partial charge in [0.2, 0.25) is 0 Å². The Bertz CT molecular complexity index is 677. The second kappa shape index (κ2) is 5.55. The highest BCUT2D eigenvalue weighted by Gasteiger charge is 2.16. The molecule has 0 aliphatic rings. The zero-order valence-corrected chi connectivity index (χ0v) is 12.3. The summed E-state index contributed by atoms with van der Waals surface area (Å²) in [4.78, 5) is 3.34. The van der Waals surface area contributed by atoms with E-state index in [1.54, 1.807) is 31.3 Å². The molecule has 1 N–H and O–H groups in total. The van der Waals surface area contributed by atoms with Crippen molar-refractivity contribution in [2.24, 2.45) is 7.05 Å². The van der Waals surface area contributed by atoms with Crippen molar-refractivity contribution >= 4 is 16.0 Å². The Morgan fingerprint density at radius 1 is 1.25 bits per heavy atom. The van der Waals surface area contributed by atoms with Crippen LogP contribution in [0.25, 0.3) is 0 Å². The molecular formula is C11H16N6O2S. The van der Waals surface area contributed by atoms with Crippen molar-refractivity contribution < 1.29 is 8.42 Å². The van der Waals surface area contributed by atoms with Gasteiger partial charge in [-0.1, -0.05) is 17.2 Å². The van der Waals surface area contributed by atoms with Crippen LogP contribution >= 0.6 is 0 Å². The number of rotatable bonds is 5. The van der Waals surface area contributed by atoms with E-state index in [-0.39, 0.29) is 10.8 Å². The standard InChI is InChI=1S/C11H16N6O2S/c1-16(2)8-9-4-6-10(7-5-9)20(18,19)14-11-12-15-17(3)13-11/h4-7H,8H2,1-3H3,(H,13,14). The molecule has 0 saturated carbocycles. The maximum absolute atomic E-state index is 12.1. The Hall–Kier alpha value is -2.00. The van der Waals surface area contributed by atoms with E-state index in [4.69, 9.17) is 0 Å². The molecule has 8 nitrogen and oxygen atoms in total. The third kappa shape index (κ3) is 3.52. The zero-order valence-electron chi connectivity index (χ0n) is 11.5. The largest absolute Gasteiger partial charge is 0.305 e. The Balaban J connectivity index is 2.17. The van der Waals surface area contributed by atoms with Gasteiger partial charge in [0.15, 0.2) is 0 Å². The number of nitrogens with one attached hydrogen (secondary N) is 1. The highest BCUT2D eigenvalue weighted by Crippen LogP contribution is 2.14. The van der Waals surface area contributed by atoms with Crippen LogP contribution < -0.4 is 4.72 Å². The Kier molecular flexibility index (Phi) is 4.00. The summed E-state index contributed by atoms with van der Waals surface area (Å²) in [6.07, 6.45) is 0. The van der Waals surface area contributed by atoms with E-state index < -0.39 is 10.0 Å². The van der Waals surface area contributed by atoms with E-state index in [0.717, 1.165) is 12.1 Å². The normalized spacial score (nSPS) is 11.8. The lowest BCUT2D eigenvalue weighted by atomic mass is 10.2. The van der Waals surface area contributed by atoms with Crippen LogP contribution in [-0.2, 0) is 23.6 Å². The molecule has 0 fully saturated rings. The number of benzene rings is 1. The first kappa shape index (κ1) is 14.4. The summed E-state index contributed by atoms with van der Waals surface area (Å²) in [6.45, 7) is 0.749. The van der Waals surface area contributed by atoms with E-state index in [1.807, 2.05) is 19.0 Å². The van der Waals surface area contributed by atoms with Crippen molar-refractivity contribution in [3.63, 3.8) is 0 Å². The van der Waals surface area contributed by atoms with Gasteiger partial charge in [-0.15, -0.1) is 5.10 Å². The first-order chi connectivity index (χ1) is 9.37. The minimum atomic E-state index is -3.69. The number of nitrogens with zero attached hydrogens (tertiary/aromatic N) is 5. The number of aromatic nitrogens is 4. The Morgan fingerprint density at radius 3 is 2.40 bits per heavy atom. The Morgan fingerprint density at radius 2 is 1.90 bits per heavy atom. The monoisotopic (exact) mass is 296 g/mol. The minimum absolute atomic E-state index is 0.0510. The summed E-state index contributed by atoms with van der Waals surface area (Å²) in [5, 5.41) is 10.9. The van der Waals surface area contributed by atoms with Gasteiger partial charge in [0, 0.05) is 6.54 Å². The van der Waals surface area contributed by atoms with Crippen LogP contribution in [0.15, 0.2) is 29.2 Å². The molecule has 0 bridgehead atoms. The maximum Gasteiger partial charge on any atom is 0.277 e. The molecule has 0 saturated heterocycles. The van der Waals surface area contributed by atoms with Gasteiger partial charge in [-0.05, 0) is 37.0 Å². The molecule has 0 spiro atoms. The second-order valence-electron chi connectivity index (χ2n) is 4.59. The summed E-state index contributed by atoms with van der Waals surface area (Å²) in [5.41, 5.74) is 1.03. The van der Waals surface area contributed by atoms with E-state index in [1.165, 1.54) is 4.80 Å². The Labute approximate surface area is 117 Å². The van der Waals surface area contributed by atoms with Crippen LogP contribution in [0.2, 0.25) is 0 Å². The molecule has 0 aliphatic carbocycles. The molecule has 9 heteroatoms. The van der Waals surface area contributed by atoms with E-state index in [0.29, 0.717) is 0 Å². The number of hydrogen-bond acceptors (Lipinski definition) is 6. The summed E-state index contributed by atoms with van der Waals surface area (Å²) in [7, 11) is 1.77. The van der Waals surface area contributed by atoms with Crippen molar-refractivity contribution in [2.75, 3.05) is 18.8 Å². The molecule has 1 aromatic carbocycles. The SMILES string of the molecule is CN(C)Cc1ccc(S(=O)(=O)Nc2nnn(C)n2)cc1.